The van der Waals surface area contributed by atoms with Crippen LogP contribution in [0.3, 0.4) is 0 Å². The minimum absolute atomic E-state index is 0.182. The molecule has 87 heavy (non-hydrogen) atoms. The van der Waals surface area contributed by atoms with Crippen molar-refractivity contribution >= 4 is 5.91 Å². The second-order valence-electron chi connectivity index (χ2n) is 27.1. The van der Waals surface area contributed by atoms with Gasteiger partial charge in [-0.2, -0.15) is 0 Å². The Hall–Kier alpha value is -1.59. The van der Waals surface area contributed by atoms with Gasteiger partial charge >= 0.3 is 0 Å². The Kier molecular flexibility index (Phi) is 64.5. The van der Waals surface area contributed by atoms with Crippen molar-refractivity contribution in [3.05, 3.63) is 36.5 Å². The molecule has 1 aliphatic heterocycles. The van der Waals surface area contributed by atoms with Crippen molar-refractivity contribution in [2.45, 2.75) is 442 Å². The molecule has 7 unspecified atom stereocenters. The van der Waals surface area contributed by atoms with Crippen molar-refractivity contribution in [3.63, 3.8) is 0 Å². The Morgan fingerprint density at radius 3 is 0.966 bits per heavy atom. The van der Waals surface area contributed by atoms with E-state index in [1.165, 1.54) is 334 Å². The molecule has 1 heterocycles. The van der Waals surface area contributed by atoms with Crippen molar-refractivity contribution < 1.29 is 39.8 Å². The number of hydrogen-bond donors (Lipinski definition) is 6. The summed E-state index contributed by atoms with van der Waals surface area (Å²) in [5.74, 6) is -0.182. The third-order valence-corrected chi connectivity index (χ3v) is 18.7. The molecule has 1 rings (SSSR count). The maximum atomic E-state index is 13.1. The maximum Gasteiger partial charge on any atom is 0.220 e. The molecule has 0 aromatic rings. The van der Waals surface area contributed by atoms with Crippen molar-refractivity contribution in [1.29, 1.82) is 0 Å². The molecular formula is C78H149NO8. The molecule has 1 fully saturated rings. The summed E-state index contributed by atoms with van der Waals surface area (Å²) in [5.41, 5.74) is 0. The number of carbonyl (C=O) groups excluding carboxylic acids is 1. The van der Waals surface area contributed by atoms with Crippen LogP contribution >= 0.6 is 0 Å². The third-order valence-electron chi connectivity index (χ3n) is 18.7. The SMILES string of the molecule is CCCCCCCCCCCCCCCCC/C=C/CC/C=C/CC/C=C/C(O)C(COC1OC(CO)C(O)C(O)C1O)NC(=O)CCCCCCCCCCCCCCCCCCCCCCCCCCCCCCCCCCCCCCCCC. The number of nitrogens with one attached hydrogen (secondary N) is 1. The van der Waals surface area contributed by atoms with E-state index in [1.54, 1.807) is 6.08 Å². The summed E-state index contributed by atoms with van der Waals surface area (Å²) in [4.78, 5) is 13.1. The zero-order chi connectivity index (χ0) is 62.8. The molecule has 0 spiro atoms. The first-order valence-electron chi connectivity index (χ1n) is 38.7. The Balaban J connectivity index is 2.07. The summed E-state index contributed by atoms with van der Waals surface area (Å²) >= 11 is 0. The fourth-order valence-electron chi connectivity index (χ4n) is 12.7. The molecule has 0 aromatic heterocycles. The second-order valence-corrected chi connectivity index (χ2v) is 27.1. The number of hydrogen-bond acceptors (Lipinski definition) is 8. The Labute approximate surface area is 540 Å². The van der Waals surface area contributed by atoms with Crippen molar-refractivity contribution in [2.24, 2.45) is 0 Å². The lowest BCUT2D eigenvalue weighted by atomic mass is 9.99. The van der Waals surface area contributed by atoms with Gasteiger partial charge in [-0.25, -0.2) is 0 Å². The Morgan fingerprint density at radius 1 is 0.379 bits per heavy atom. The largest absolute Gasteiger partial charge is 0.394 e. The maximum absolute atomic E-state index is 13.1. The summed E-state index contributed by atoms with van der Waals surface area (Å²) in [7, 11) is 0. The summed E-state index contributed by atoms with van der Waals surface area (Å²) in [5, 5.41) is 54.8. The lowest BCUT2D eigenvalue weighted by Gasteiger charge is -2.40. The number of unbranched alkanes of at least 4 members (excludes halogenated alkanes) is 55. The molecule has 0 aromatic carbocycles. The molecular weight excluding hydrogens is 1080 g/mol. The van der Waals surface area contributed by atoms with E-state index in [0.29, 0.717) is 6.42 Å². The first-order chi connectivity index (χ1) is 42.8. The van der Waals surface area contributed by atoms with Crippen LogP contribution in [0.2, 0.25) is 0 Å². The highest BCUT2D eigenvalue weighted by atomic mass is 16.7. The lowest BCUT2D eigenvalue weighted by molar-refractivity contribution is -0.302. The van der Waals surface area contributed by atoms with Crippen LogP contribution in [0.5, 0.6) is 0 Å². The minimum Gasteiger partial charge on any atom is -0.394 e. The van der Waals surface area contributed by atoms with Gasteiger partial charge in [-0.3, -0.25) is 4.79 Å². The molecule has 1 saturated heterocycles. The summed E-state index contributed by atoms with van der Waals surface area (Å²) < 4.78 is 11.3. The van der Waals surface area contributed by atoms with Gasteiger partial charge in [0.15, 0.2) is 6.29 Å². The Morgan fingerprint density at radius 2 is 0.655 bits per heavy atom. The fourth-order valence-corrected chi connectivity index (χ4v) is 12.7. The van der Waals surface area contributed by atoms with Gasteiger partial charge in [0.2, 0.25) is 5.91 Å². The lowest BCUT2D eigenvalue weighted by Crippen LogP contribution is -2.60. The van der Waals surface area contributed by atoms with Gasteiger partial charge in [0.1, 0.15) is 24.4 Å². The standard InChI is InChI=1S/C78H149NO8/c1-3-5-7-9-11-13-15-17-19-21-23-25-27-29-30-31-32-33-34-35-36-37-38-39-40-41-42-44-46-48-50-52-54-56-58-60-62-64-66-68-74(82)79-71(70-86-78-77(85)76(84)75(83)73(69-80)87-78)72(81)67-65-63-61-59-57-55-53-51-49-47-45-43-28-26-24-22-20-18-16-14-12-10-8-6-4-2/h49,51,57,59,65,67,71-73,75-78,80-81,83-85H,3-48,50,52-56,58,60-64,66,68-70H2,1-2H3,(H,79,82)/b51-49+,59-57+,67-65+. The molecule has 1 amide bonds. The van der Waals surface area contributed by atoms with E-state index in [4.69, 9.17) is 9.47 Å². The van der Waals surface area contributed by atoms with Crippen LogP contribution in [-0.4, -0.2) is 87.5 Å². The average molecular weight is 1230 g/mol. The van der Waals surface area contributed by atoms with Crippen LogP contribution in [0, 0.1) is 0 Å². The topological polar surface area (TPSA) is 149 Å². The monoisotopic (exact) mass is 1230 g/mol. The predicted octanol–water partition coefficient (Wildman–Crippen LogP) is 21.8. The van der Waals surface area contributed by atoms with Crippen molar-refractivity contribution in [1.82, 2.24) is 5.32 Å². The van der Waals surface area contributed by atoms with Crippen LogP contribution in [-0.2, 0) is 14.3 Å². The smallest absolute Gasteiger partial charge is 0.220 e. The average Bonchev–Trinajstić information content (AvgIpc) is 3.65. The van der Waals surface area contributed by atoms with Crippen LogP contribution in [0.25, 0.3) is 0 Å². The van der Waals surface area contributed by atoms with Crippen molar-refractivity contribution in [2.75, 3.05) is 13.2 Å². The molecule has 9 heteroatoms. The third kappa shape index (κ3) is 55.7. The molecule has 514 valence electrons. The van der Waals surface area contributed by atoms with Gasteiger partial charge in [-0.15, -0.1) is 0 Å². The molecule has 6 N–H and O–H groups in total. The number of amides is 1. The quantitative estimate of drug-likeness (QED) is 0.0261. The van der Waals surface area contributed by atoms with Gasteiger partial charge < -0.3 is 40.3 Å². The number of allylic oxidation sites excluding steroid dienone is 5. The van der Waals surface area contributed by atoms with Gasteiger partial charge in [-0.05, 0) is 44.9 Å². The van der Waals surface area contributed by atoms with E-state index < -0.39 is 49.5 Å². The first kappa shape index (κ1) is 83.4. The van der Waals surface area contributed by atoms with Crippen LogP contribution in [0.15, 0.2) is 36.5 Å². The molecule has 0 saturated carbocycles. The highest BCUT2D eigenvalue weighted by Gasteiger charge is 2.44. The second kappa shape index (κ2) is 67.3. The van der Waals surface area contributed by atoms with Crippen LogP contribution in [0.1, 0.15) is 399 Å². The normalized spacial score (nSPS) is 18.1. The molecule has 1 aliphatic rings. The first-order valence-corrected chi connectivity index (χ1v) is 38.7. The molecule has 9 nitrogen and oxygen atoms in total. The number of ether oxygens (including phenoxy) is 2. The molecule has 0 bridgehead atoms. The zero-order valence-electron chi connectivity index (χ0n) is 57.8. The predicted molar refractivity (Wildman–Crippen MR) is 373 cm³/mol. The van der Waals surface area contributed by atoms with Crippen LogP contribution < -0.4 is 5.32 Å². The van der Waals surface area contributed by atoms with E-state index in [1.807, 2.05) is 6.08 Å². The van der Waals surface area contributed by atoms with E-state index in [0.717, 1.165) is 44.9 Å². The van der Waals surface area contributed by atoms with E-state index >= 15 is 0 Å². The Bertz CT molecular complexity index is 1470. The highest BCUT2D eigenvalue weighted by molar-refractivity contribution is 5.76. The number of carbonyl (C=O) groups is 1. The number of aliphatic hydroxyl groups excluding tert-OH is 5. The molecule has 7 atom stereocenters. The highest BCUT2D eigenvalue weighted by Crippen LogP contribution is 2.24. The van der Waals surface area contributed by atoms with Gasteiger partial charge in [0.25, 0.3) is 0 Å². The summed E-state index contributed by atoms with van der Waals surface area (Å²) in [6.07, 6.45) is 84.4. The van der Waals surface area contributed by atoms with Gasteiger partial charge in [0, 0.05) is 6.42 Å². The van der Waals surface area contributed by atoms with Gasteiger partial charge in [0.05, 0.1) is 25.4 Å². The molecule has 0 aliphatic carbocycles. The summed E-state index contributed by atoms with van der Waals surface area (Å²) in [6.45, 7) is 3.82. The summed E-state index contributed by atoms with van der Waals surface area (Å²) in [6, 6.07) is -0.828. The van der Waals surface area contributed by atoms with E-state index in [2.05, 4.69) is 43.5 Å². The number of rotatable bonds is 69. The minimum atomic E-state index is -1.58. The van der Waals surface area contributed by atoms with Crippen LogP contribution in [0.4, 0.5) is 0 Å². The molecule has 0 radical (unpaired) electrons. The van der Waals surface area contributed by atoms with Gasteiger partial charge in [-0.1, -0.05) is 384 Å². The van der Waals surface area contributed by atoms with E-state index in [-0.39, 0.29) is 12.5 Å². The zero-order valence-corrected chi connectivity index (χ0v) is 57.8. The fraction of sp³-hybridized carbons (Fsp3) is 0.910. The van der Waals surface area contributed by atoms with E-state index in [9.17, 15) is 30.3 Å². The number of aliphatic hydroxyl groups is 5. The van der Waals surface area contributed by atoms with Crippen molar-refractivity contribution in [3.8, 4) is 0 Å².